The number of rotatable bonds is 4. The molecule has 0 bridgehead atoms. The van der Waals surface area contributed by atoms with E-state index in [4.69, 9.17) is 5.73 Å². The molecule has 2 aromatic rings. The van der Waals surface area contributed by atoms with E-state index in [0.717, 1.165) is 10.2 Å². The summed E-state index contributed by atoms with van der Waals surface area (Å²) in [6.07, 6.45) is 1.53. The minimum absolute atomic E-state index is 0.173. The zero-order valence-electron chi connectivity index (χ0n) is 10.9. The van der Waals surface area contributed by atoms with E-state index in [9.17, 15) is 8.42 Å². The van der Waals surface area contributed by atoms with Crippen molar-refractivity contribution in [2.24, 2.45) is 12.8 Å². The number of aromatic nitrogens is 1. The topological polar surface area (TPSA) is 77.1 Å². The van der Waals surface area contributed by atoms with Crippen LogP contribution in [0.25, 0.3) is 0 Å². The highest BCUT2D eigenvalue weighted by Crippen LogP contribution is 2.35. The predicted molar refractivity (Wildman–Crippen MR) is 93.7 cm³/mol. The van der Waals surface area contributed by atoms with Crippen LogP contribution in [0.2, 0.25) is 0 Å². The van der Waals surface area contributed by atoms with E-state index >= 15 is 0 Å². The van der Waals surface area contributed by atoms with Crippen molar-refractivity contribution in [3.63, 3.8) is 0 Å². The molecule has 21 heavy (non-hydrogen) atoms. The molecule has 114 valence electrons. The highest BCUT2D eigenvalue weighted by molar-refractivity contribution is 9.11. The van der Waals surface area contributed by atoms with Gasteiger partial charge in [-0.1, -0.05) is 15.9 Å². The van der Waals surface area contributed by atoms with Gasteiger partial charge in [0.2, 0.25) is 0 Å². The maximum Gasteiger partial charge on any atom is 0.263 e. The number of benzene rings is 1. The Bertz CT molecular complexity index is 764. The minimum Gasteiger partial charge on any atom is -0.352 e. The molecule has 1 heterocycles. The van der Waals surface area contributed by atoms with Crippen LogP contribution < -0.4 is 10.5 Å². The summed E-state index contributed by atoms with van der Waals surface area (Å²) in [5.74, 6) is 0. The molecule has 1 aromatic heterocycles. The fourth-order valence-electron chi connectivity index (χ4n) is 1.76. The van der Waals surface area contributed by atoms with Crippen LogP contribution in [0.15, 0.2) is 42.7 Å². The molecule has 0 unspecified atom stereocenters. The first kappa shape index (κ1) is 17.0. The number of hydrogen-bond donors (Lipinski definition) is 2. The molecule has 0 aliphatic heterocycles. The van der Waals surface area contributed by atoms with Crippen LogP contribution in [0.1, 0.15) is 5.69 Å². The summed E-state index contributed by atoms with van der Waals surface area (Å²) in [6.45, 7) is 0.275. The van der Waals surface area contributed by atoms with Crippen molar-refractivity contribution in [1.29, 1.82) is 0 Å². The maximum atomic E-state index is 12.5. The Morgan fingerprint density at radius 3 is 2.24 bits per heavy atom. The van der Waals surface area contributed by atoms with Crippen molar-refractivity contribution in [3.8, 4) is 0 Å². The second-order valence-electron chi connectivity index (χ2n) is 4.33. The predicted octanol–water partition coefficient (Wildman–Crippen LogP) is 3.57. The van der Waals surface area contributed by atoms with Gasteiger partial charge in [0.05, 0.1) is 5.69 Å². The van der Waals surface area contributed by atoms with Crippen LogP contribution in [0.4, 0.5) is 5.69 Å². The van der Waals surface area contributed by atoms with Crippen molar-refractivity contribution < 1.29 is 8.42 Å². The first-order valence-corrected chi connectivity index (χ1v) is 9.63. The van der Waals surface area contributed by atoms with Gasteiger partial charge < -0.3 is 10.3 Å². The molecule has 0 amide bonds. The summed E-state index contributed by atoms with van der Waals surface area (Å²) in [4.78, 5) is 0.173. The third-order valence-electron chi connectivity index (χ3n) is 2.85. The Kier molecular flexibility index (Phi) is 5.19. The molecule has 0 aliphatic carbocycles. The van der Waals surface area contributed by atoms with Gasteiger partial charge in [-0.05, 0) is 50.1 Å². The molecule has 3 N–H and O–H groups in total. The average molecular weight is 502 g/mol. The third kappa shape index (κ3) is 3.70. The fourth-order valence-corrected chi connectivity index (χ4v) is 5.67. The molecule has 9 heteroatoms. The molecule has 2 rings (SSSR count). The normalized spacial score (nSPS) is 11.7. The molecule has 0 atom stereocenters. The second kappa shape index (κ2) is 6.41. The van der Waals surface area contributed by atoms with Crippen molar-refractivity contribution in [2.45, 2.75) is 11.4 Å². The van der Waals surface area contributed by atoms with E-state index < -0.39 is 10.0 Å². The maximum absolute atomic E-state index is 12.5. The number of aryl methyl sites for hydroxylation is 1. The van der Waals surface area contributed by atoms with Gasteiger partial charge in [0.1, 0.15) is 4.90 Å². The van der Waals surface area contributed by atoms with Gasteiger partial charge in [-0.2, -0.15) is 0 Å². The van der Waals surface area contributed by atoms with Gasteiger partial charge in [0.15, 0.2) is 0 Å². The third-order valence-corrected chi connectivity index (χ3v) is 5.87. The van der Waals surface area contributed by atoms with E-state index in [1.165, 1.54) is 6.20 Å². The van der Waals surface area contributed by atoms with Crippen LogP contribution in [-0.4, -0.2) is 13.0 Å². The van der Waals surface area contributed by atoms with Gasteiger partial charge >= 0.3 is 0 Å². The quantitative estimate of drug-likeness (QED) is 0.672. The lowest BCUT2D eigenvalue weighted by Gasteiger charge is -2.11. The molecule has 0 fully saturated rings. The van der Waals surface area contributed by atoms with Crippen LogP contribution in [0.3, 0.4) is 0 Å². The Hall–Kier alpha value is -0.350. The molecule has 1 aromatic carbocycles. The SMILES string of the molecule is Cn1cc(S(=O)(=O)Nc2c(Br)cc(Br)cc2Br)cc1CN. The lowest BCUT2D eigenvalue weighted by molar-refractivity contribution is 0.601. The lowest BCUT2D eigenvalue weighted by atomic mass is 10.3. The zero-order chi connectivity index (χ0) is 15.8. The van der Waals surface area contributed by atoms with Crippen molar-refractivity contribution in [3.05, 3.63) is 43.5 Å². The Morgan fingerprint density at radius 1 is 1.19 bits per heavy atom. The molecule has 0 radical (unpaired) electrons. The Labute approximate surface area is 148 Å². The van der Waals surface area contributed by atoms with Crippen LogP contribution in [0.5, 0.6) is 0 Å². The fraction of sp³-hybridized carbons (Fsp3) is 0.167. The van der Waals surface area contributed by atoms with Gasteiger partial charge in [-0.25, -0.2) is 8.42 Å². The number of hydrogen-bond acceptors (Lipinski definition) is 3. The van der Waals surface area contributed by atoms with E-state index in [-0.39, 0.29) is 11.4 Å². The van der Waals surface area contributed by atoms with Crippen molar-refractivity contribution >= 4 is 63.5 Å². The number of halogens is 3. The van der Waals surface area contributed by atoms with Gasteiger partial charge in [0.25, 0.3) is 10.0 Å². The summed E-state index contributed by atoms with van der Waals surface area (Å²) in [5.41, 5.74) is 6.75. The average Bonchev–Trinajstić information content (AvgIpc) is 2.76. The van der Waals surface area contributed by atoms with E-state index in [1.54, 1.807) is 29.8 Å². The molecular formula is C12H12Br3N3O2S. The summed E-state index contributed by atoms with van der Waals surface area (Å²) in [5, 5.41) is 0. The number of anilines is 1. The van der Waals surface area contributed by atoms with E-state index in [1.807, 2.05) is 0 Å². The molecule has 0 aliphatic rings. The summed E-state index contributed by atoms with van der Waals surface area (Å²) in [6, 6.07) is 5.08. The number of nitrogens with two attached hydrogens (primary N) is 1. The van der Waals surface area contributed by atoms with Crippen LogP contribution >= 0.6 is 47.8 Å². The molecular weight excluding hydrogens is 490 g/mol. The van der Waals surface area contributed by atoms with Crippen LogP contribution in [-0.2, 0) is 23.6 Å². The standard InChI is InChI=1S/C12H12Br3N3O2S/c1-18-6-9(4-8(18)5-16)21(19,20)17-12-10(14)2-7(13)3-11(12)15/h2-4,6,17H,5,16H2,1H3. The lowest BCUT2D eigenvalue weighted by Crippen LogP contribution is -2.13. The largest absolute Gasteiger partial charge is 0.352 e. The van der Waals surface area contributed by atoms with Crippen molar-refractivity contribution in [2.75, 3.05) is 4.72 Å². The number of nitrogens with zero attached hydrogens (tertiary/aromatic N) is 1. The van der Waals surface area contributed by atoms with E-state index in [0.29, 0.717) is 14.6 Å². The summed E-state index contributed by atoms with van der Waals surface area (Å²) in [7, 11) is -1.93. The number of nitrogens with one attached hydrogen (secondary N) is 1. The van der Waals surface area contributed by atoms with Crippen LogP contribution in [0, 0.1) is 0 Å². The van der Waals surface area contributed by atoms with Crippen molar-refractivity contribution in [1.82, 2.24) is 4.57 Å². The summed E-state index contributed by atoms with van der Waals surface area (Å²) >= 11 is 10.0. The Balaban J connectivity index is 2.42. The summed E-state index contributed by atoms with van der Waals surface area (Å²) < 4.78 is 31.3. The van der Waals surface area contributed by atoms with Gasteiger partial charge in [0, 0.05) is 38.9 Å². The second-order valence-corrected chi connectivity index (χ2v) is 8.64. The molecule has 5 nitrogen and oxygen atoms in total. The van der Waals surface area contributed by atoms with Gasteiger partial charge in [-0.15, -0.1) is 0 Å². The monoisotopic (exact) mass is 499 g/mol. The molecule has 0 spiro atoms. The molecule has 0 saturated carbocycles. The highest BCUT2D eigenvalue weighted by Gasteiger charge is 2.20. The minimum atomic E-state index is -3.68. The zero-order valence-corrected chi connectivity index (χ0v) is 16.5. The first-order valence-electron chi connectivity index (χ1n) is 5.77. The Morgan fingerprint density at radius 2 is 1.76 bits per heavy atom. The van der Waals surface area contributed by atoms with E-state index in [2.05, 4.69) is 52.5 Å². The highest BCUT2D eigenvalue weighted by atomic mass is 79.9. The smallest absolute Gasteiger partial charge is 0.263 e. The van der Waals surface area contributed by atoms with Gasteiger partial charge in [-0.3, -0.25) is 4.72 Å². The number of sulfonamides is 1. The first-order chi connectivity index (χ1) is 9.74. The molecule has 0 saturated heterocycles.